The molecule has 1 saturated heterocycles. The Morgan fingerprint density at radius 3 is 2.33 bits per heavy atom. The Kier molecular flexibility index (Phi) is 3.08. The summed E-state index contributed by atoms with van der Waals surface area (Å²) in [6.45, 7) is 4.53. The van der Waals surface area contributed by atoms with Crippen molar-refractivity contribution >= 4 is 11.8 Å². The van der Waals surface area contributed by atoms with Crippen molar-refractivity contribution in [3.8, 4) is 0 Å². The van der Waals surface area contributed by atoms with Gasteiger partial charge in [0, 0.05) is 11.3 Å². The quantitative estimate of drug-likeness (QED) is 0.723. The highest BCUT2D eigenvalue weighted by atomic mass is 32.2. The Morgan fingerprint density at radius 1 is 1.27 bits per heavy atom. The third-order valence-electron chi connectivity index (χ3n) is 4.16. The second-order valence-corrected chi connectivity index (χ2v) is 6.95. The van der Waals surface area contributed by atoms with Gasteiger partial charge in [0.2, 0.25) is 0 Å². The monoisotopic (exact) mass is 229 g/mol. The lowest BCUT2D eigenvalue weighted by Gasteiger charge is -2.48. The fourth-order valence-electron chi connectivity index (χ4n) is 3.51. The summed E-state index contributed by atoms with van der Waals surface area (Å²) < 4.78 is 0. The largest absolute Gasteiger partial charge is 0.387 e. The molecule has 2 aliphatic rings. The summed E-state index contributed by atoms with van der Waals surface area (Å²) in [4.78, 5) is 0. The van der Waals surface area contributed by atoms with Gasteiger partial charge in [-0.3, -0.25) is 0 Å². The smallest absolute Gasteiger partial charge is 0.0924 e. The van der Waals surface area contributed by atoms with Crippen LogP contribution in [0.3, 0.4) is 0 Å². The summed E-state index contributed by atoms with van der Waals surface area (Å²) in [5, 5.41) is 10.7. The van der Waals surface area contributed by atoms with E-state index in [4.69, 9.17) is 5.73 Å². The molecular formula is C12H23NOS. The summed E-state index contributed by atoms with van der Waals surface area (Å²) in [7, 11) is 0. The van der Waals surface area contributed by atoms with E-state index < -0.39 is 5.60 Å². The van der Waals surface area contributed by atoms with Gasteiger partial charge >= 0.3 is 0 Å². The van der Waals surface area contributed by atoms with E-state index in [1.807, 2.05) is 11.8 Å². The van der Waals surface area contributed by atoms with Crippen LogP contribution < -0.4 is 5.73 Å². The van der Waals surface area contributed by atoms with Crippen LogP contribution in [-0.4, -0.2) is 27.8 Å². The number of rotatable bonds is 1. The molecule has 0 radical (unpaired) electrons. The predicted octanol–water partition coefficient (Wildman–Crippen LogP) is 2.01. The van der Waals surface area contributed by atoms with Crippen molar-refractivity contribution in [1.82, 2.24) is 0 Å². The van der Waals surface area contributed by atoms with Gasteiger partial charge in [-0.05, 0) is 43.3 Å². The molecule has 0 spiro atoms. The summed E-state index contributed by atoms with van der Waals surface area (Å²) in [6, 6.07) is 0. The van der Waals surface area contributed by atoms with Crippen LogP contribution in [-0.2, 0) is 0 Å². The van der Waals surface area contributed by atoms with Gasteiger partial charge in [0.15, 0.2) is 0 Å². The van der Waals surface area contributed by atoms with Crippen molar-refractivity contribution in [2.24, 2.45) is 17.6 Å². The SMILES string of the molecule is CC1CC(C)CC(N)(C2(O)CCSC2)C1. The van der Waals surface area contributed by atoms with Gasteiger partial charge in [-0.1, -0.05) is 13.8 Å². The second-order valence-electron chi connectivity index (χ2n) is 5.84. The van der Waals surface area contributed by atoms with Gasteiger partial charge in [0.1, 0.15) is 0 Å². The van der Waals surface area contributed by atoms with Crippen LogP contribution in [0.25, 0.3) is 0 Å². The Morgan fingerprint density at radius 2 is 1.87 bits per heavy atom. The van der Waals surface area contributed by atoms with E-state index in [9.17, 15) is 5.11 Å². The van der Waals surface area contributed by atoms with Crippen molar-refractivity contribution < 1.29 is 5.11 Å². The predicted molar refractivity (Wildman–Crippen MR) is 66.0 cm³/mol. The van der Waals surface area contributed by atoms with Crippen molar-refractivity contribution in [2.45, 2.75) is 50.7 Å². The highest BCUT2D eigenvalue weighted by Crippen LogP contribution is 2.45. The van der Waals surface area contributed by atoms with Crippen LogP contribution in [0, 0.1) is 11.8 Å². The maximum atomic E-state index is 10.7. The number of hydrogen-bond acceptors (Lipinski definition) is 3. The third-order valence-corrected chi connectivity index (χ3v) is 5.33. The number of aliphatic hydroxyl groups is 1. The van der Waals surface area contributed by atoms with Crippen LogP contribution in [0.4, 0.5) is 0 Å². The zero-order chi connectivity index (χ0) is 11.1. The second kappa shape index (κ2) is 3.94. The molecule has 2 rings (SSSR count). The number of thioether (sulfide) groups is 1. The van der Waals surface area contributed by atoms with Gasteiger partial charge < -0.3 is 10.8 Å². The van der Waals surface area contributed by atoms with Crippen LogP contribution in [0.5, 0.6) is 0 Å². The van der Waals surface area contributed by atoms with E-state index in [1.165, 1.54) is 6.42 Å². The fraction of sp³-hybridized carbons (Fsp3) is 1.00. The van der Waals surface area contributed by atoms with Crippen molar-refractivity contribution in [3.63, 3.8) is 0 Å². The average Bonchev–Trinajstić information content (AvgIpc) is 2.51. The van der Waals surface area contributed by atoms with Gasteiger partial charge in [0.25, 0.3) is 0 Å². The van der Waals surface area contributed by atoms with Crippen LogP contribution in [0.15, 0.2) is 0 Å². The van der Waals surface area contributed by atoms with E-state index in [-0.39, 0.29) is 5.54 Å². The molecule has 0 aromatic heterocycles. The number of hydrogen-bond donors (Lipinski definition) is 2. The molecule has 88 valence electrons. The number of nitrogens with two attached hydrogens (primary N) is 1. The molecule has 0 amide bonds. The van der Waals surface area contributed by atoms with Crippen LogP contribution >= 0.6 is 11.8 Å². The first-order valence-electron chi connectivity index (χ1n) is 6.04. The van der Waals surface area contributed by atoms with E-state index in [1.54, 1.807) is 0 Å². The van der Waals surface area contributed by atoms with E-state index in [0.717, 1.165) is 30.8 Å². The molecule has 0 aromatic carbocycles. The summed E-state index contributed by atoms with van der Waals surface area (Å²) in [5.41, 5.74) is 5.59. The molecular weight excluding hydrogens is 206 g/mol. The fourth-order valence-corrected chi connectivity index (χ4v) is 4.90. The summed E-state index contributed by atoms with van der Waals surface area (Å²) in [5.74, 6) is 3.22. The first-order valence-corrected chi connectivity index (χ1v) is 7.20. The Bertz CT molecular complexity index is 228. The van der Waals surface area contributed by atoms with Crippen LogP contribution in [0.2, 0.25) is 0 Å². The van der Waals surface area contributed by atoms with Gasteiger partial charge in [-0.25, -0.2) is 0 Å². The molecule has 15 heavy (non-hydrogen) atoms. The first-order chi connectivity index (χ1) is 6.95. The minimum atomic E-state index is -0.597. The minimum Gasteiger partial charge on any atom is -0.387 e. The van der Waals surface area contributed by atoms with E-state index in [0.29, 0.717) is 11.8 Å². The van der Waals surface area contributed by atoms with E-state index in [2.05, 4.69) is 13.8 Å². The molecule has 2 fully saturated rings. The molecule has 3 atom stereocenters. The highest BCUT2D eigenvalue weighted by molar-refractivity contribution is 7.99. The lowest BCUT2D eigenvalue weighted by molar-refractivity contribution is -0.0474. The summed E-state index contributed by atoms with van der Waals surface area (Å²) >= 11 is 1.85. The van der Waals surface area contributed by atoms with Crippen molar-refractivity contribution in [3.05, 3.63) is 0 Å². The molecule has 0 aromatic rings. The van der Waals surface area contributed by atoms with Crippen LogP contribution in [0.1, 0.15) is 39.5 Å². The molecule has 1 saturated carbocycles. The van der Waals surface area contributed by atoms with Gasteiger partial charge in [-0.15, -0.1) is 0 Å². The summed E-state index contributed by atoms with van der Waals surface area (Å²) in [6.07, 6.45) is 4.14. The lowest BCUT2D eigenvalue weighted by atomic mass is 9.64. The topological polar surface area (TPSA) is 46.2 Å². The Labute approximate surface area is 97.0 Å². The molecule has 3 heteroatoms. The van der Waals surface area contributed by atoms with Crippen molar-refractivity contribution in [1.29, 1.82) is 0 Å². The third kappa shape index (κ3) is 2.06. The van der Waals surface area contributed by atoms with Gasteiger partial charge in [0.05, 0.1) is 5.60 Å². The molecule has 2 nitrogen and oxygen atoms in total. The van der Waals surface area contributed by atoms with E-state index >= 15 is 0 Å². The normalized spacial score (nSPS) is 52.0. The van der Waals surface area contributed by atoms with Crippen molar-refractivity contribution in [2.75, 3.05) is 11.5 Å². The molecule has 1 heterocycles. The molecule has 3 unspecified atom stereocenters. The first kappa shape index (κ1) is 11.7. The highest BCUT2D eigenvalue weighted by Gasteiger charge is 2.51. The molecule has 0 bridgehead atoms. The molecule has 3 N–H and O–H groups in total. The lowest BCUT2D eigenvalue weighted by Crippen LogP contribution is -2.63. The molecule has 1 aliphatic carbocycles. The average molecular weight is 229 g/mol. The molecule has 1 aliphatic heterocycles. The Hall–Kier alpha value is 0.270. The maximum absolute atomic E-state index is 10.7. The zero-order valence-corrected chi connectivity index (χ0v) is 10.6. The van der Waals surface area contributed by atoms with Gasteiger partial charge in [-0.2, -0.15) is 11.8 Å². The zero-order valence-electron chi connectivity index (χ0n) is 9.83. The minimum absolute atomic E-state index is 0.326. The Balaban J connectivity index is 2.17. The maximum Gasteiger partial charge on any atom is 0.0924 e. The standard InChI is InChI=1S/C12H23NOS/c1-9-5-10(2)7-11(13,6-9)12(14)3-4-15-8-12/h9-10,14H,3-8,13H2,1-2H3.